The van der Waals surface area contributed by atoms with Gasteiger partial charge in [-0.3, -0.25) is 4.79 Å². The Morgan fingerprint density at radius 3 is 2.76 bits per heavy atom. The van der Waals surface area contributed by atoms with Crippen molar-refractivity contribution in [1.29, 1.82) is 0 Å². The SMILES string of the molecule is Cc1nc(CN(C(=O)COc2ccccc2)C2CC2)cs1. The van der Waals surface area contributed by atoms with Gasteiger partial charge in [-0.1, -0.05) is 18.2 Å². The van der Waals surface area contributed by atoms with Crippen LogP contribution in [-0.2, 0) is 11.3 Å². The van der Waals surface area contributed by atoms with Gasteiger partial charge in [0.1, 0.15) is 5.75 Å². The molecule has 1 aromatic carbocycles. The minimum Gasteiger partial charge on any atom is -0.484 e. The molecule has 3 rings (SSSR count). The van der Waals surface area contributed by atoms with Gasteiger partial charge in [-0.15, -0.1) is 11.3 Å². The first-order chi connectivity index (χ1) is 10.2. The third-order valence-corrected chi connectivity index (χ3v) is 4.23. The molecule has 0 atom stereocenters. The zero-order valence-corrected chi connectivity index (χ0v) is 12.8. The van der Waals surface area contributed by atoms with Crippen LogP contribution in [0.15, 0.2) is 35.7 Å². The predicted octanol–water partition coefficient (Wildman–Crippen LogP) is 3.02. The van der Waals surface area contributed by atoms with Gasteiger partial charge in [0.05, 0.1) is 17.2 Å². The number of benzene rings is 1. The Hall–Kier alpha value is -1.88. The Morgan fingerprint density at radius 1 is 1.38 bits per heavy atom. The van der Waals surface area contributed by atoms with Crippen LogP contribution < -0.4 is 4.74 Å². The molecule has 21 heavy (non-hydrogen) atoms. The summed E-state index contributed by atoms with van der Waals surface area (Å²) >= 11 is 1.62. The second kappa shape index (κ2) is 6.26. The van der Waals surface area contributed by atoms with Crippen molar-refractivity contribution in [3.05, 3.63) is 46.4 Å². The van der Waals surface area contributed by atoms with Gasteiger partial charge in [-0.2, -0.15) is 0 Å². The van der Waals surface area contributed by atoms with E-state index in [1.807, 2.05) is 47.5 Å². The van der Waals surface area contributed by atoms with E-state index in [0.29, 0.717) is 12.6 Å². The summed E-state index contributed by atoms with van der Waals surface area (Å²) in [5.41, 5.74) is 0.970. The number of thiazole rings is 1. The molecular weight excluding hydrogens is 284 g/mol. The molecule has 1 aliphatic carbocycles. The molecule has 1 aromatic heterocycles. The van der Waals surface area contributed by atoms with Crippen LogP contribution >= 0.6 is 11.3 Å². The highest BCUT2D eigenvalue weighted by Gasteiger charge is 2.33. The van der Waals surface area contributed by atoms with E-state index < -0.39 is 0 Å². The first-order valence-corrected chi connectivity index (χ1v) is 7.98. The van der Waals surface area contributed by atoms with E-state index in [1.54, 1.807) is 11.3 Å². The highest BCUT2D eigenvalue weighted by molar-refractivity contribution is 7.09. The molecular formula is C16H18N2O2S. The van der Waals surface area contributed by atoms with Gasteiger partial charge in [0, 0.05) is 11.4 Å². The number of ether oxygens (including phenoxy) is 1. The molecule has 4 nitrogen and oxygen atoms in total. The molecule has 0 N–H and O–H groups in total. The van der Waals surface area contributed by atoms with E-state index in [2.05, 4.69) is 4.98 Å². The lowest BCUT2D eigenvalue weighted by Gasteiger charge is -2.21. The van der Waals surface area contributed by atoms with Gasteiger partial charge < -0.3 is 9.64 Å². The van der Waals surface area contributed by atoms with Crippen LogP contribution in [0.4, 0.5) is 0 Å². The smallest absolute Gasteiger partial charge is 0.261 e. The monoisotopic (exact) mass is 302 g/mol. The zero-order chi connectivity index (χ0) is 14.7. The molecule has 1 aliphatic rings. The van der Waals surface area contributed by atoms with Crippen molar-refractivity contribution < 1.29 is 9.53 Å². The molecule has 1 amide bonds. The van der Waals surface area contributed by atoms with Crippen molar-refractivity contribution in [2.75, 3.05) is 6.61 Å². The van der Waals surface area contributed by atoms with Gasteiger partial charge in [-0.05, 0) is 31.9 Å². The maximum atomic E-state index is 12.4. The number of aromatic nitrogens is 1. The van der Waals surface area contributed by atoms with Crippen molar-refractivity contribution in [3.63, 3.8) is 0 Å². The molecule has 1 fully saturated rings. The summed E-state index contributed by atoms with van der Waals surface area (Å²) < 4.78 is 5.56. The Bertz CT molecular complexity index is 608. The highest BCUT2D eigenvalue weighted by atomic mass is 32.1. The summed E-state index contributed by atoms with van der Waals surface area (Å²) in [6.07, 6.45) is 2.17. The molecule has 0 bridgehead atoms. The number of carbonyl (C=O) groups excluding carboxylic acids is 1. The maximum Gasteiger partial charge on any atom is 0.261 e. The Balaban J connectivity index is 1.59. The summed E-state index contributed by atoms with van der Waals surface area (Å²) in [4.78, 5) is 18.7. The molecule has 5 heteroatoms. The maximum absolute atomic E-state index is 12.4. The van der Waals surface area contributed by atoms with Crippen LogP contribution in [0.1, 0.15) is 23.5 Å². The Morgan fingerprint density at radius 2 is 2.14 bits per heavy atom. The number of aryl methyl sites for hydroxylation is 1. The summed E-state index contributed by atoms with van der Waals surface area (Å²) in [6, 6.07) is 9.80. The van der Waals surface area contributed by atoms with Gasteiger partial charge >= 0.3 is 0 Å². The van der Waals surface area contributed by atoms with Crippen LogP contribution in [0.5, 0.6) is 5.75 Å². The number of amides is 1. The molecule has 0 aliphatic heterocycles. The van der Waals surface area contributed by atoms with Crippen LogP contribution in [0, 0.1) is 6.92 Å². The van der Waals surface area contributed by atoms with Crippen LogP contribution in [0.3, 0.4) is 0 Å². The third kappa shape index (κ3) is 3.82. The second-order valence-electron chi connectivity index (χ2n) is 5.21. The minimum absolute atomic E-state index is 0.0343. The third-order valence-electron chi connectivity index (χ3n) is 3.41. The highest BCUT2D eigenvalue weighted by Crippen LogP contribution is 2.28. The summed E-state index contributed by atoms with van der Waals surface area (Å²) in [5, 5.41) is 3.06. The van der Waals surface area contributed by atoms with Crippen molar-refractivity contribution in [1.82, 2.24) is 9.88 Å². The second-order valence-corrected chi connectivity index (χ2v) is 6.27. The lowest BCUT2D eigenvalue weighted by molar-refractivity contribution is -0.134. The Kier molecular flexibility index (Phi) is 4.20. The standard InChI is InChI=1S/C16H18N2O2S/c1-12-17-13(11-21-12)9-18(14-7-8-14)16(19)10-20-15-5-3-2-4-6-15/h2-6,11,14H,7-10H2,1H3. The fraction of sp³-hybridized carbons (Fsp3) is 0.375. The van der Waals surface area contributed by atoms with Gasteiger partial charge in [0.25, 0.3) is 5.91 Å². The van der Waals surface area contributed by atoms with Gasteiger partial charge in [0.2, 0.25) is 0 Å². The minimum atomic E-state index is 0.0343. The van der Waals surface area contributed by atoms with E-state index in [0.717, 1.165) is 29.3 Å². The average Bonchev–Trinajstić information content (AvgIpc) is 3.26. The molecule has 1 heterocycles. The van der Waals surface area contributed by atoms with Crippen molar-refractivity contribution >= 4 is 17.2 Å². The average molecular weight is 302 g/mol. The molecule has 0 radical (unpaired) electrons. The zero-order valence-electron chi connectivity index (χ0n) is 12.0. The van der Waals surface area contributed by atoms with E-state index in [4.69, 9.17) is 4.74 Å². The van der Waals surface area contributed by atoms with Crippen molar-refractivity contribution in [2.24, 2.45) is 0 Å². The quantitative estimate of drug-likeness (QED) is 0.823. The van der Waals surface area contributed by atoms with E-state index in [1.165, 1.54) is 0 Å². The lowest BCUT2D eigenvalue weighted by atomic mass is 10.3. The topological polar surface area (TPSA) is 42.4 Å². The Labute approximate surface area is 128 Å². The first-order valence-electron chi connectivity index (χ1n) is 7.10. The van der Waals surface area contributed by atoms with Gasteiger partial charge in [-0.25, -0.2) is 4.98 Å². The molecule has 0 spiro atoms. The number of rotatable bonds is 6. The number of carbonyl (C=O) groups is 1. The number of nitrogens with zero attached hydrogens (tertiary/aromatic N) is 2. The number of hydrogen-bond acceptors (Lipinski definition) is 4. The molecule has 0 unspecified atom stereocenters. The molecule has 110 valence electrons. The van der Waals surface area contributed by atoms with E-state index in [-0.39, 0.29) is 12.5 Å². The molecule has 0 saturated heterocycles. The normalized spacial score (nSPS) is 14.0. The van der Waals surface area contributed by atoms with E-state index >= 15 is 0 Å². The van der Waals surface area contributed by atoms with Crippen molar-refractivity contribution in [3.8, 4) is 5.75 Å². The molecule has 2 aromatic rings. The first kappa shape index (κ1) is 14.1. The summed E-state index contributed by atoms with van der Waals surface area (Å²) in [5.74, 6) is 0.762. The fourth-order valence-electron chi connectivity index (χ4n) is 2.21. The number of para-hydroxylation sites is 1. The van der Waals surface area contributed by atoms with E-state index in [9.17, 15) is 4.79 Å². The van der Waals surface area contributed by atoms with Crippen LogP contribution in [0.25, 0.3) is 0 Å². The summed E-state index contributed by atoms with van der Waals surface area (Å²) in [6.45, 7) is 2.66. The molecule has 1 saturated carbocycles. The lowest BCUT2D eigenvalue weighted by Crippen LogP contribution is -2.36. The fourth-order valence-corrected chi connectivity index (χ4v) is 2.81. The summed E-state index contributed by atoms with van der Waals surface area (Å²) in [7, 11) is 0. The number of hydrogen-bond donors (Lipinski definition) is 0. The van der Waals surface area contributed by atoms with Crippen LogP contribution in [-0.4, -0.2) is 28.4 Å². The predicted molar refractivity (Wildman–Crippen MR) is 82.4 cm³/mol. The van der Waals surface area contributed by atoms with Crippen LogP contribution in [0.2, 0.25) is 0 Å². The largest absolute Gasteiger partial charge is 0.484 e. The van der Waals surface area contributed by atoms with Gasteiger partial charge in [0.15, 0.2) is 6.61 Å². The van der Waals surface area contributed by atoms with Crippen molar-refractivity contribution in [2.45, 2.75) is 32.4 Å².